The second-order valence-electron chi connectivity index (χ2n) is 7.37. The van der Waals surface area contributed by atoms with Crippen LogP contribution in [0.1, 0.15) is 6.92 Å². The predicted molar refractivity (Wildman–Crippen MR) is 133 cm³/mol. The Morgan fingerprint density at radius 2 is 1.35 bits per heavy atom. The zero-order chi connectivity index (χ0) is 22.2. The summed E-state index contributed by atoms with van der Waals surface area (Å²) < 4.78 is 2.32. The van der Waals surface area contributed by atoms with Crippen molar-refractivity contribution in [1.29, 1.82) is 0 Å². The van der Waals surface area contributed by atoms with Crippen LogP contribution in [-0.4, -0.2) is 26.2 Å². The van der Waals surface area contributed by atoms with Crippen molar-refractivity contribution in [3.63, 3.8) is 0 Å². The third kappa shape index (κ3) is 5.11. The van der Waals surface area contributed by atoms with Crippen molar-refractivity contribution in [2.75, 3.05) is 37.6 Å². The first-order chi connectivity index (χ1) is 15.1. The normalized spacial score (nSPS) is 10.8. The van der Waals surface area contributed by atoms with Crippen molar-refractivity contribution in [2.45, 2.75) is 13.5 Å². The van der Waals surface area contributed by atoms with Crippen LogP contribution in [0.25, 0.3) is 32.9 Å². The van der Waals surface area contributed by atoms with Crippen molar-refractivity contribution >= 4 is 33.1 Å². The molecule has 0 saturated carbocycles. The molecule has 4 aromatic rings. The van der Waals surface area contributed by atoms with Gasteiger partial charge in [0.25, 0.3) is 0 Å². The molecule has 0 aliphatic heterocycles. The summed E-state index contributed by atoms with van der Waals surface area (Å²) in [6.07, 6.45) is 0. The molecule has 0 fully saturated rings. The number of nitrogens with one attached hydrogen (secondary N) is 1. The van der Waals surface area contributed by atoms with E-state index in [0.29, 0.717) is 13.1 Å². The van der Waals surface area contributed by atoms with Crippen molar-refractivity contribution in [3.8, 4) is 11.3 Å². The molecule has 0 amide bonds. The fourth-order valence-electron chi connectivity index (χ4n) is 3.82. The number of fused-ring (bicyclic) bond motifs is 3. The first kappa shape index (κ1) is 22.5. The number of aryl methyl sites for hydroxylation is 1. The smallest absolute Gasteiger partial charge is 0.220 e. The molecule has 9 N–H and O–H groups in total. The summed E-state index contributed by atoms with van der Waals surface area (Å²) in [5, 5.41) is 6.59. The predicted octanol–water partition coefficient (Wildman–Crippen LogP) is 2.63. The summed E-state index contributed by atoms with van der Waals surface area (Å²) in [5.41, 5.74) is 27.6. The molecular weight excluding hydrogens is 384 g/mol. The number of anilines is 2. The average molecular weight is 418 g/mol. The van der Waals surface area contributed by atoms with Crippen LogP contribution >= 0.6 is 0 Å². The van der Waals surface area contributed by atoms with Crippen LogP contribution in [-0.2, 0) is 6.54 Å². The van der Waals surface area contributed by atoms with Gasteiger partial charge in [-0.25, -0.2) is 0 Å². The fraction of sp³-hybridized carbons (Fsp3) is 0.240. The van der Waals surface area contributed by atoms with E-state index in [-0.39, 0.29) is 0 Å². The summed E-state index contributed by atoms with van der Waals surface area (Å²) in [5.74, 6) is 0. The Morgan fingerprint density at radius 1 is 0.742 bits per heavy atom. The lowest BCUT2D eigenvalue weighted by atomic mass is 9.98. The maximum absolute atomic E-state index is 6.10. The van der Waals surface area contributed by atoms with Gasteiger partial charge in [-0.3, -0.25) is 0 Å². The number of hydrogen-bond donors (Lipinski definition) is 5. The van der Waals surface area contributed by atoms with E-state index in [0.717, 1.165) is 36.5 Å². The standard InChI is InChI=1S/C21H19N3.C4H13N3/c1-2-24-20-13-16(23)9-11-18(20)17-10-8-15(22)12-19(17)21(24)14-6-4-3-5-7-14;5-1-3-7-4-2-6/h3-13,23H,2,22H2,1H3;7H,1-6H2/p+1. The number of rotatable bonds is 6. The third-order valence-electron chi connectivity index (χ3n) is 5.18. The highest BCUT2D eigenvalue weighted by molar-refractivity contribution is 6.10. The second kappa shape index (κ2) is 10.7. The molecule has 0 spiro atoms. The minimum absolute atomic E-state index is 0.694. The SMILES string of the molecule is CC[n+]1c(-c2ccccc2)c2cc(N)ccc2c2ccc(N)cc21.NCCNCCN. The van der Waals surface area contributed by atoms with Gasteiger partial charge < -0.3 is 28.3 Å². The van der Waals surface area contributed by atoms with Gasteiger partial charge in [-0.05, 0) is 43.3 Å². The molecule has 162 valence electrons. The first-order valence-electron chi connectivity index (χ1n) is 10.7. The quantitative estimate of drug-likeness (QED) is 0.143. The zero-order valence-corrected chi connectivity index (χ0v) is 18.1. The van der Waals surface area contributed by atoms with Gasteiger partial charge in [-0.2, -0.15) is 4.57 Å². The Labute approximate surface area is 183 Å². The highest BCUT2D eigenvalue weighted by atomic mass is 15.0. The van der Waals surface area contributed by atoms with E-state index in [1.165, 1.54) is 27.4 Å². The van der Waals surface area contributed by atoms with Crippen LogP contribution < -0.4 is 32.8 Å². The van der Waals surface area contributed by atoms with E-state index >= 15 is 0 Å². The largest absolute Gasteiger partial charge is 0.399 e. The maximum atomic E-state index is 6.10. The molecule has 0 unspecified atom stereocenters. The Morgan fingerprint density at radius 3 is 1.97 bits per heavy atom. The lowest BCUT2D eigenvalue weighted by molar-refractivity contribution is -0.655. The molecule has 1 heterocycles. The second-order valence-corrected chi connectivity index (χ2v) is 7.37. The van der Waals surface area contributed by atoms with Crippen LogP contribution in [0.3, 0.4) is 0 Å². The zero-order valence-electron chi connectivity index (χ0n) is 18.1. The van der Waals surface area contributed by atoms with E-state index in [1.807, 2.05) is 18.2 Å². The highest BCUT2D eigenvalue weighted by Crippen LogP contribution is 2.33. The summed E-state index contributed by atoms with van der Waals surface area (Å²) in [7, 11) is 0. The van der Waals surface area contributed by atoms with Gasteiger partial charge in [0.15, 0.2) is 0 Å². The van der Waals surface area contributed by atoms with Crippen LogP contribution in [0, 0.1) is 0 Å². The summed E-state index contributed by atoms with van der Waals surface area (Å²) in [4.78, 5) is 0. The van der Waals surface area contributed by atoms with Crippen molar-refractivity contribution < 1.29 is 4.57 Å². The molecule has 0 aliphatic carbocycles. The minimum Gasteiger partial charge on any atom is -0.399 e. The van der Waals surface area contributed by atoms with Gasteiger partial charge in [-0.1, -0.05) is 24.3 Å². The molecule has 31 heavy (non-hydrogen) atoms. The molecule has 0 saturated heterocycles. The van der Waals surface area contributed by atoms with E-state index < -0.39 is 0 Å². The first-order valence-corrected chi connectivity index (χ1v) is 10.7. The third-order valence-corrected chi connectivity index (χ3v) is 5.18. The van der Waals surface area contributed by atoms with E-state index in [4.69, 9.17) is 22.9 Å². The van der Waals surface area contributed by atoms with E-state index in [9.17, 15) is 0 Å². The highest BCUT2D eigenvalue weighted by Gasteiger charge is 2.22. The van der Waals surface area contributed by atoms with Gasteiger partial charge in [0.05, 0.1) is 10.8 Å². The number of aromatic nitrogens is 1. The van der Waals surface area contributed by atoms with Gasteiger partial charge in [-0.15, -0.1) is 0 Å². The molecule has 1 aromatic heterocycles. The number of nitrogens with two attached hydrogens (primary N) is 4. The topological polar surface area (TPSA) is 120 Å². The molecule has 0 atom stereocenters. The maximum Gasteiger partial charge on any atom is 0.220 e. The average Bonchev–Trinajstić information content (AvgIpc) is 2.79. The molecule has 6 heteroatoms. The number of nitrogens with zero attached hydrogens (tertiary/aromatic N) is 1. The van der Waals surface area contributed by atoms with Gasteiger partial charge in [0.2, 0.25) is 11.2 Å². The Hall–Kier alpha value is -3.19. The Kier molecular flexibility index (Phi) is 7.78. The lowest BCUT2D eigenvalue weighted by Gasteiger charge is -2.12. The number of pyridine rings is 1. The molecule has 0 radical (unpaired) electrons. The van der Waals surface area contributed by atoms with Crippen molar-refractivity contribution in [2.24, 2.45) is 11.5 Å². The Balaban J connectivity index is 0.000000339. The van der Waals surface area contributed by atoms with Gasteiger partial charge >= 0.3 is 0 Å². The van der Waals surface area contributed by atoms with Gasteiger partial charge in [0, 0.05) is 54.6 Å². The summed E-state index contributed by atoms with van der Waals surface area (Å²) in [6, 6.07) is 22.7. The van der Waals surface area contributed by atoms with Crippen LogP contribution in [0.2, 0.25) is 0 Å². The Bertz CT molecular complexity index is 1140. The van der Waals surface area contributed by atoms with Crippen LogP contribution in [0.15, 0.2) is 66.7 Å². The fourth-order valence-corrected chi connectivity index (χ4v) is 3.82. The van der Waals surface area contributed by atoms with Crippen LogP contribution in [0.4, 0.5) is 11.4 Å². The summed E-state index contributed by atoms with van der Waals surface area (Å²) in [6.45, 7) is 6.15. The van der Waals surface area contributed by atoms with Gasteiger partial charge in [0.1, 0.15) is 6.54 Å². The molecular formula is C25H33N6+. The number of benzene rings is 3. The van der Waals surface area contributed by atoms with E-state index in [1.54, 1.807) is 0 Å². The lowest BCUT2D eigenvalue weighted by Crippen LogP contribution is -2.36. The number of nitrogen functional groups attached to an aromatic ring is 2. The number of hydrogen-bond acceptors (Lipinski definition) is 5. The van der Waals surface area contributed by atoms with E-state index in [2.05, 4.69) is 65.3 Å². The molecule has 0 bridgehead atoms. The summed E-state index contributed by atoms with van der Waals surface area (Å²) >= 11 is 0. The van der Waals surface area contributed by atoms with Crippen molar-refractivity contribution in [1.82, 2.24) is 5.32 Å². The molecule has 3 aromatic carbocycles. The monoisotopic (exact) mass is 417 g/mol. The molecule has 6 nitrogen and oxygen atoms in total. The van der Waals surface area contributed by atoms with Crippen molar-refractivity contribution in [3.05, 3.63) is 66.7 Å². The molecule has 0 aliphatic rings. The molecule has 4 rings (SSSR count). The minimum atomic E-state index is 0.694. The van der Waals surface area contributed by atoms with Crippen LogP contribution in [0.5, 0.6) is 0 Å².